The van der Waals surface area contributed by atoms with Crippen LogP contribution in [0.15, 0.2) is 54.6 Å². The topological polar surface area (TPSA) is 75.0 Å². The number of amides is 1. The number of ether oxygens (including phenoxy) is 1. The molecule has 0 spiro atoms. The van der Waals surface area contributed by atoms with Crippen molar-refractivity contribution in [3.63, 3.8) is 0 Å². The minimum absolute atomic E-state index is 0.00314. The number of carbonyl (C=O) groups is 1. The molecule has 25 heavy (non-hydrogen) atoms. The van der Waals surface area contributed by atoms with E-state index in [4.69, 9.17) is 10.00 Å². The number of hydrogen-bond donors (Lipinski definition) is 1. The smallest absolute Gasteiger partial charge is 0.253 e. The predicted molar refractivity (Wildman–Crippen MR) is 95.2 cm³/mol. The summed E-state index contributed by atoms with van der Waals surface area (Å²) in [5, 5.41) is 12.4. The lowest BCUT2D eigenvalue weighted by atomic mass is 10.1. The van der Waals surface area contributed by atoms with Crippen LogP contribution in [-0.2, 0) is 6.54 Å². The summed E-state index contributed by atoms with van der Waals surface area (Å²) in [5.74, 6) is 0.433. The van der Waals surface area contributed by atoms with E-state index in [-0.39, 0.29) is 12.5 Å². The average molecular weight is 331 g/mol. The first-order valence-electron chi connectivity index (χ1n) is 7.90. The molecule has 0 atom stereocenters. The molecule has 5 nitrogen and oxygen atoms in total. The number of nitrogens with one attached hydrogen (secondary N) is 1. The summed E-state index contributed by atoms with van der Waals surface area (Å²) in [6.45, 7) is 2.27. The number of carbonyl (C=O) groups excluding carboxylic acids is 1. The molecular weight excluding hydrogens is 314 g/mol. The Morgan fingerprint density at radius 2 is 2.04 bits per heavy atom. The van der Waals surface area contributed by atoms with E-state index >= 15 is 0 Å². The van der Waals surface area contributed by atoms with Gasteiger partial charge in [-0.3, -0.25) is 9.78 Å². The molecule has 0 saturated heterocycles. The Balaban J connectivity index is 1.75. The molecule has 1 N–H and O–H groups in total. The van der Waals surface area contributed by atoms with Gasteiger partial charge < -0.3 is 10.1 Å². The highest BCUT2D eigenvalue weighted by atomic mass is 16.5. The molecule has 0 radical (unpaired) electrons. The first-order valence-corrected chi connectivity index (χ1v) is 7.90. The van der Waals surface area contributed by atoms with Gasteiger partial charge in [-0.05, 0) is 36.8 Å². The van der Waals surface area contributed by atoms with Crippen molar-refractivity contribution in [1.82, 2.24) is 10.3 Å². The van der Waals surface area contributed by atoms with Crippen LogP contribution < -0.4 is 10.1 Å². The van der Waals surface area contributed by atoms with Gasteiger partial charge in [-0.25, -0.2) is 0 Å². The van der Waals surface area contributed by atoms with Gasteiger partial charge in [0.15, 0.2) is 6.61 Å². The molecule has 1 aromatic heterocycles. The number of para-hydroxylation sites is 1. The molecule has 0 fully saturated rings. The molecule has 1 heterocycles. The van der Waals surface area contributed by atoms with Crippen LogP contribution in [0.4, 0.5) is 0 Å². The van der Waals surface area contributed by atoms with Gasteiger partial charge in [0.25, 0.3) is 5.91 Å². The molecular formula is C20H17N3O2. The second-order valence-electron chi connectivity index (χ2n) is 5.61. The number of nitriles is 1. The first-order chi connectivity index (χ1) is 12.2. The maximum absolute atomic E-state index is 12.6. The lowest BCUT2D eigenvalue weighted by Crippen LogP contribution is -2.23. The Morgan fingerprint density at radius 3 is 2.88 bits per heavy atom. The molecule has 1 amide bonds. The normalized spacial score (nSPS) is 10.2. The number of aromatic nitrogens is 1. The molecule has 3 rings (SSSR count). The summed E-state index contributed by atoms with van der Waals surface area (Å²) in [7, 11) is 0. The van der Waals surface area contributed by atoms with Crippen LogP contribution in [0.2, 0.25) is 0 Å². The summed E-state index contributed by atoms with van der Waals surface area (Å²) in [4.78, 5) is 17.1. The van der Waals surface area contributed by atoms with Crippen LogP contribution in [0.3, 0.4) is 0 Å². The fraction of sp³-hybridized carbons (Fsp3) is 0.150. The van der Waals surface area contributed by atoms with Crippen LogP contribution in [0, 0.1) is 18.3 Å². The summed E-state index contributed by atoms with van der Waals surface area (Å²) in [6.07, 6.45) is 0. The highest BCUT2D eigenvalue weighted by molar-refractivity contribution is 6.05. The van der Waals surface area contributed by atoms with E-state index in [1.165, 1.54) is 0 Å². The van der Waals surface area contributed by atoms with E-state index in [1.54, 1.807) is 12.1 Å². The molecule has 5 heteroatoms. The van der Waals surface area contributed by atoms with Crippen molar-refractivity contribution in [2.45, 2.75) is 13.5 Å². The van der Waals surface area contributed by atoms with Crippen LogP contribution in [0.25, 0.3) is 10.9 Å². The van der Waals surface area contributed by atoms with Gasteiger partial charge in [-0.2, -0.15) is 5.26 Å². The van der Waals surface area contributed by atoms with Crippen molar-refractivity contribution >= 4 is 16.8 Å². The third-order valence-electron chi connectivity index (χ3n) is 3.76. The molecule has 0 unspecified atom stereocenters. The second kappa shape index (κ2) is 7.45. The van der Waals surface area contributed by atoms with Crippen LogP contribution in [0.1, 0.15) is 21.6 Å². The summed E-state index contributed by atoms with van der Waals surface area (Å²) < 4.78 is 5.27. The van der Waals surface area contributed by atoms with E-state index in [0.29, 0.717) is 23.4 Å². The largest absolute Gasteiger partial charge is 0.479 e. The predicted octanol–water partition coefficient (Wildman–Crippen LogP) is 3.38. The van der Waals surface area contributed by atoms with Gasteiger partial charge in [-0.1, -0.05) is 30.3 Å². The quantitative estimate of drug-likeness (QED) is 0.778. The van der Waals surface area contributed by atoms with Crippen molar-refractivity contribution in [1.29, 1.82) is 5.26 Å². The zero-order chi connectivity index (χ0) is 17.6. The third-order valence-corrected chi connectivity index (χ3v) is 3.76. The number of benzene rings is 2. The number of fused-ring (bicyclic) bond motifs is 1. The summed E-state index contributed by atoms with van der Waals surface area (Å²) >= 11 is 0. The SMILES string of the molecule is Cc1ccc2cccc(C(=O)NCc3cccc(OCC#N)c3)c2n1. The fourth-order valence-electron chi connectivity index (χ4n) is 2.57. The molecule has 124 valence electrons. The van der Waals surface area contributed by atoms with Gasteiger partial charge in [0.2, 0.25) is 0 Å². The average Bonchev–Trinajstić information content (AvgIpc) is 2.64. The van der Waals surface area contributed by atoms with Gasteiger partial charge >= 0.3 is 0 Å². The molecule has 2 aromatic carbocycles. The van der Waals surface area contributed by atoms with Crippen molar-refractivity contribution in [2.75, 3.05) is 6.61 Å². The van der Waals surface area contributed by atoms with Crippen LogP contribution >= 0.6 is 0 Å². The minimum atomic E-state index is -0.174. The van der Waals surface area contributed by atoms with E-state index in [9.17, 15) is 4.79 Å². The molecule has 0 bridgehead atoms. The maximum atomic E-state index is 12.6. The number of pyridine rings is 1. The van der Waals surface area contributed by atoms with Crippen molar-refractivity contribution in [3.05, 3.63) is 71.4 Å². The van der Waals surface area contributed by atoms with Crippen molar-refractivity contribution < 1.29 is 9.53 Å². The first kappa shape index (κ1) is 16.5. The van der Waals surface area contributed by atoms with Gasteiger partial charge in [0.1, 0.15) is 11.8 Å². The third kappa shape index (κ3) is 3.93. The van der Waals surface area contributed by atoms with Gasteiger partial charge in [0, 0.05) is 17.6 Å². The van der Waals surface area contributed by atoms with Crippen molar-refractivity contribution in [3.8, 4) is 11.8 Å². The Morgan fingerprint density at radius 1 is 1.20 bits per heavy atom. The molecule has 0 saturated carbocycles. The zero-order valence-corrected chi connectivity index (χ0v) is 13.8. The highest BCUT2D eigenvalue weighted by Crippen LogP contribution is 2.18. The van der Waals surface area contributed by atoms with Crippen LogP contribution in [-0.4, -0.2) is 17.5 Å². The van der Waals surface area contributed by atoms with Crippen LogP contribution in [0.5, 0.6) is 5.75 Å². The molecule has 0 aliphatic heterocycles. The lowest BCUT2D eigenvalue weighted by molar-refractivity contribution is 0.0952. The van der Waals surface area contributed by atoms with Crippen molar-refractivity contribution in [2.24, 2.45) is 0 Å². The monoisotopic (exact) mass is 331 g/mol. The fourth-order valence-corrected chi connectivity index (χ4v) is 2.57. The Hall–Kier alpha value is -3.39. The highest BCUT2D eigenvalue weighted by Gasteiger charge is 2.11. The van der Waals surface area contributed by atoms with E-state index in [1.807, 2.05) is 55.5 Å². The number of aryl methyl sites for hydroxylation is 1. The van der Waals surface area contributed by atoms with Gasteiger partial charge in [-0.15, -0.1) is 0 Å². The summed E-state index contributed by atoms with van der Waals surface area (Å²) in [6, 6.07) is 18.7. The lowest BCUT2D eigenvalue weighted by Gasteiger charge is -2.09. The molecule has 0 aliphatic carbocycles. The Bertz CT molecular complexity index is 961. The van der Waals surface area contributed by atoms with E-state index in [0.717, 1.165) is 16.6 Å². The Labute approximate surface area is 145 Å². The second-order valence-corrected chi connectivity index (χ2v) is 5.61. The summed E-state index contributed by atoms with van der Waals surface area (Å²) in [5.41, 5.74) is 3.02. The standard InChI is InChI=1S/C20H17N3O2/c1-14-8-9-16-5-3-7-18(19(16)23-14)20(24)22-13-15-4-2-6-17(12-15)25-11-10-21/h2-9,12H,11,13H2,1H3,(H,22,24). The number of nitrogens with zero attached hydrogens (tertiary/aromatic N) is 2. The molecule has 3 aromatic rings. The molecule has 0 aliphatic rings. The minimum Gasteiger partial charge on any atom is -0.479 e. The Kier molecular flexibility index (Phi) is 4.91. The van der Waals surface area contributed by atoms with E-state index < -0.39 is 0 Å². The van der Waals surface area contributed by atoms with Gasteiger partial charge in [0.05, 0.1) is 11.1 Å². The van der Waals surface area contributed by atoms with E-state index in [2.05, 4.69) is 10.3 Å². The zero-order valence-electron chi connectivity index (χ0n) is 13.8. The number of rotatable bonds is 5. The maximum Gasteiger partial charge on any atom is 0.253 e. The number of hydrogen-bond acceptors (Lipinski definition) is 4.